The highest BCUT2D eigenvalue weighted by atomic mass is 32.2. The normalized spacial score (nSPS) is 11.2. The number of benzene rings is 2. The van der Waals surface area contributed by atoms with Gasteiger partial charge in [0.1, 0.15) is 11.5 Å². The van der Waals surface area contributed by atoms with Crippen LogP contribution in [0, 0.1) is 0 Å². The van der Waals surface area contributed by atoms with Crippen molar-refractivity contribution < 1.29 is 27.4 Å². The van der Waals surface area contributed by atoms with Crippen molar-refractivity contribution in [3.05, 3.63) is 48.5 Å². The lowest BCUT2D eigenvalue weighted by Crippen LogP contribution is -2.30. The Morgan fingerprint density at radius 3 is 2.23 bits per heavy atom. The van der Waals surface area contributed by atoms with Crippen LogP contribution in [0.25, 0.3) is 0 Å². The molecule has 0 saturated carbocycles. The number of carbonyl (C=O) groups is 1. The molecule has 0 aliphatic rings. The Balaban J connectivity index is 1.81. The number of hydrogen-bond acceptors (Lipinski definition) is 6. The average Bonchev–Trinajstić information content (AvgIpc) is 2.72. The van der Waals surface area contributed by atoms with Gasteiger partial charge in [0.25, 0.3) is 15.9 Å². The van der Waals surface area contributed by atoms with Crippen molar-refractivity contribution in [1.82, 2.24) is 5.32 Å². The lowest BCUT2D eigenvalue weighted by molar-refractivity contribution is -0.123. The molecular weight excluding hydrogens is 408 g/mol. The third-order valence-corrected chi connectivity index (χ3v) is 5.34. The minimum absolute atomic E-state index is 0.0836. The summed E-state index contributed by atoms with van der Waals surface area (Å²) in [6, 6.07) is 12.4. The van der Waals surface area contributed by atoms with Gasteiger partial charge in [0.15, 0.2) is 6.61 Å². The highest BCUT2D eigenvalue weighted by Gasteiger charge is 2.14. The average molecular weight is 437 g/mol. The van der Waals surface area contributed by atoms with Gasteiger partial charge in [-0.15, -0.1) is 0 Å². The summed E-state index contributed by atoms with van der Waals surface area (Å²) in [6.07, 6.45) is 0.889. The smallest absolute Gasteiger partial charge is 0.261 e. The Morgan fingerprint density at radius 1 is 1.00 bits per heavy atom. The van der Waals surface area contributed by atoms with Gasteiger partial charge in [0.2, 0.25) is 0 Å². The van der Waals surface area contributed by atoms with Crippen molar-refractivity contribution in [2.24, 2.45) is 0 Å². The minimum atomic E-state index is -3.74. The van der Waals surface area contributed by atoms with Crippen LogP contribution >= 0.6 is 0 Å². The van der Waals surface area contributed by atoms with E-state index in [-0.39, 0.29) is 23.5 Å². The molecule has 0 fully saturated rings. The molecule has 0 aliphatic heterocycles. The van der Waals surface area contributed by atoms with E-state index in [1.54, 1.807) is 24.3 Å². The van der Waals surface area contributed by atoms with Crippen LogP contribution in [-0.4, -0.2) is 47.3 Å². The molecule has 2 aromatic rings. The Kier molecular flexibility index (Phi) is 8.94. The molecule has 2 rings (SSSR count). The summed E-state index contributed by atoms with van der Waals surface area (Å²) in [7, 11) is -2.21. The van der Waals surface area contributed by atoms with Crippen LogP contribution in [0.4, 0.5) is 5.69 Å². The zero-order chi connectivity index (χ0) is 22.0. The summed E-state index contributed by atoms with van der Waals surface area (Å²) >= 11 is 0. The second kappa shape index (κ2) is 11.4. The van der Waals surface area contributed by atoms with Crippen molar-refractivity contribution in [3.63, 3.8) is 0 Å². The van der Waals surface area contributed by atoms with Crippen LogP contribution in [0.5, 0.6) is 11.5 Å². The highest BCUT2D eigenvalue weighted by molar-refractivity contribution is 7.92. The first-order chi connectivity index (χ1) is 14.3. The van der Waals surface area contributed by atoms with Crippen LogP contribution in [0.15, 0.2) is 53.4 Å². The molecule has 2 N–H and O–H groups in total. The van der Waals surface area contributed by atoms with Gasteiger partial charge in [-0.25, -0.2) is 8.42 Å². The van der Waals surface area contributed by atoms with Crippen LogP contribution in [-0.2, 0) is 19.6 Å². The molecule has 164 valence electrons. The summed E-state index contributed by atoms with van der Waals surface area (Å²) in [6.45, 7) is 4.85. The van der Waals surface area contributed by atoms with E-state index in [4.69, 9.17) is 14.2 Å². The first-order valence-electron chi connectivity index (χ1n) is 9.58. The highest BCUT2D eigenvalue weighted by Crippen LogP contribution is 2.21. The molecule has 8 nitrogen and oxygen atoms in total. The molecule has 30 heavy (non-hydrogen) atoms. The van der Waals surface area contributed by atoms with Gasteiger partial charge in [-0.1, -0.05) is 0 Å². The molecule has 0 aliphatic carbocycles. The first kappa shape index (κ1) is 23.5. The largest absolute Gasteiger partial charge is 0.497 e. The van der Waals surface area contributed by atoms with Gasteiger partial charge in [0.05, 0.1) is 18.1 Å². The van der Waals surface area contributed by atoms with E-state index < -0.39 is 10.0 Å². The molecule has 0 heterocycles. The van der Waals surface area contributed by atoms with Crippen molar-refractivity contribution in [2.45, 2.75) is 31.3 Å². The van der Waals surface area contributed by atoms with E-state index >= 15 is 0 Å². The number of hydrogen-bond donors (Lipinski definition) is 2. The topological polar surface area (TPSA) is 103 Å². The van der Waals surface area contributed by atoms with Crippen LogP contribution in [0.1, 0.15) is 20.3 Å². The summed E-state index contributed by atoms with van der Waals surface area (Å²) in [5.74, 6) is 0.779. The minimum Gasteiger partial charge on any atom is -0.497 e. The maximum atomic E-state index is 12.5. The fourth-order valence-corrected chi connectivity index (χ4v) is 3.47. The van der Waals surface area contributed by atoms with Gasteiger partial charge in [0, 0.05) is 18.8 Å². The number of nitrogens with one attached hydrogen (secondary N) is 2. The molecule has 0 atom stereocenters. The molecule has 2 aromatic carbocycles. The Morgan fingerprint density at radius 2 is 1.63 bits per heavy atom. The summed E-state index contributed by atoms with van der Waals surface area (Å²) < 4.78 is 43.3. The van der Waals surface area contributed by atoms with Crippen molar-refractivity contribution >= 4 is 21.6 Å². The van der Waals surface area contributed by atoms with Crippen LogP contribution in [0.3, 0.4) is 0 Å². The molecule has 9 heteroatoms. The monoisotopic (exact) mass is 436 g/mol. The number of carbonyl (C=O) groups excluding carboxylic acids is 1. The zero-order valence-electron chi connectivity index (χ0n) is 17.4. The predicted molar refractivity (Wildman–Crippen MR) is 114 cm³/mol. The number of anilines is 1. The second-order valence-corrected chi connectivity index (χ2v) is 8.40. The van der Waals surface area contributed by atoms with Crippen LogP contribution < -0.4 is 19.5 Å². The maximum absolute atomic E-state index is 12.5. The number of rotatable bonds is 12. The molecule has 1 amide bonds. The van der Waals surface area contributed by atoms with Gasteiger partial charge in [-0.3, -0.25) is 9.52 Å². The van der Waals surface area contributed by atoms with E-state index in [1.165, 1.54) is 31.4 Å². The van der Waals surface area contributed by atoms with E-state index in [1.807, 2.05) is 13.8 Å². The van der Waals surface area contributed by atoms with Crippen molar-refractivity contribution in [2.75, 3.05) is 31.6 Å². The predicted octanol–water partition coefficient (Wildman–Crippen LogP) is 2.81. The van der Waals surface area contributed by atoms with E-state index in [9.17, 15) is 13.2 Å². The molecule has 0 radical (unpaired) electrons. The zero-order valence-corrected chi connectivity index (χ0v) is 18.2. The molecule has 0 unspecified atom stereocenters. The third kappa shape index (κ3) is 7.92. The Labute approximate surface area is 177 Å². The molecule has 0 aromatic heterocycles. The number of sulfonamides is 1. The molecule has 0 saturated heterocycles. The number of ether oxygens (including phenoxy) is 3. The van der Waals surface area contributed by atoms with E-state index in [2.05, 4.69) is 10.0 Å². The number of methoxy groups -OCH3 is 1. The van der Waals surface area contributed by atoms with Gasteiger partial charge >= 0.3 is 0 Å². The Bertz CT molecular complexity index is 896. The van der Waals surface area contributed by atoms with Gasteiger partial charge in [-0.05, 0) is 68.8 Å². The molecular formula is C21H28N2O6S. The fraction of sp³-hybridized carbons (Fsp3) is 0.381. The standard InChI is InChI=1S/C21H28N2O6S/c1-16(2)28-14-4-13-22-21(24)15-29-19-9-11-20(12-10-19)30(25,26)23-17-5-7-18(27-3)8-6-17/h5-12,16,23H,4,13-15H2,1-3H3,(H,22,24). The summed E-state index contributed by atoms with van der Waals surface area (Å²) in [4.78, 5) is 11.9. The second-order valence-electron chi connectivity index (χ2n) is 6.72. The van der Waals surface area contributed by atoms with E-state index in [0.29, 0.717) is 30.3 Å². The molecule has 0 spiro atoms. The van der Waals surface area contributed by atoms with Crippen molar-refractivity contribution in [3.8, 4) is 11.5 Å². The fourth-order valence-electron chi connectivity index (χ4n) is 2.41. The van der Waals surface area contributed by atoms with Gasteiger partial charge in [-0.2, -0.15) is 0 Å². The van der Waals surface area contributed by atoms with E-state index in [0.717, 1.165) is 6.42 Å². The lowest BCUT2D eigenvalue weighted by atomic mass is 10.3. The first-order valence-corrected chi connectivity index (χ1v) is 11.1. The lowest BCUT2D eigenvalue weighted by Gasteiger charge is -2.11. The third-order valence-electron chi connectivity index (χ3n) is 3.94. The quantitative estimate of drug-likeness (QED) is 0.496. The Hall–Kier alpha value is -2.78. The number of amides is 1. The maximum Gasteiger partial charge on any atom is 0.261 e. The summed E-state index contributed by atoms with van der Waals surface area (Å²) in [5, 5.41) is 2.74. The summed E-state index contributed by atoms with van der Waals surface area (Å²) in [5.41, 5.74) is 0.423. The van der Waals surface area contributed by atoms with Gasteiger partial charge < -0.3 is 19.5 Å². The molecule has 0 bridgehead atoms. The van der Waals surface area contributed by atoms with Crippen molar-refractivity contribution in [1.29, 1.82) is 0 Å². The SMILES string of the molecule is COc1ccc(NS(=O)(=O)c2ccc(OCC(=O)NCCCOC(C)C)cc2)cc1. The van der Waals surface area contributed by atoms with Crippen LogP contribution in [0.2, 0.25) is 0 Å².